The number of unbranched alkanes of at least 4 members (excludes halogenated alkanes) is 2. The lowest BCUT2D eigenvalue weighted by atomic mass is 9.80. The lowest BCUT2D eigenvalue weighted by molar-refractivity contribution is -0.431. The van der Waals surface area contributed by atoms with Gasteiger partial charge in [-0.25, -0.2) is 0 Å². The molecule has 8 heteroatoms. The van der Waals surface area contributed by atoms with Crippen molar-refractivity contribution in [1.29, 1.82) is 0 Å². The quantitative estimate of drug-likeness (QED) is 0.214. The van der Waals surface area contributed by atoms with Crippen molar-refractivity contribution >= 4 is 0 Å². The van der Waals surface area contributed by atoms with Crippen molar-refractivity contribution in [2.24, 2.45) is 5.41 Å². The smallest absolute Gasteiger partial charge is 0.280 e. The van der Waals surface area contributed by atoms with E-state index in [9.17, 15) is 15.3 Å². The number of aliphatic hydroxyl groups is 3. The molecule has 0 bridgehead atoms. The molecule has 0 rings (SSSR count). The second-order valence-corrected chi connectivity index (χ2v) is 7.48. The summed E-state index contributed by atoms with van der Waals surface area (Å²) >= 11 is 0. The van der Waals surface area contributed by atoms with Gasteiger partial charge in [0.05, 0.1) is 38.4 Å². The monoisotopic (exact) mass is 424 g/mol. The molecule has 3 unspecified atom stereocenters. The fraction of sp³-hybridized carbons (Fsp3) is 1.00. The number of hydrogen-bond donors (Lipinski definition) is 3. The first-order chi connectivity index (χ1) is 13.8. The number of aliphatic hydroxyl groups excluding tert-OH is 3. The van der Waals surface area contributed by atoms with Gasteiger partial charge in [-0.3, -0.25) is 0 Å². The third-order valence-corrected chi connectivity index (χ3v) is 4.90. The van der Waals surface area contributed by atoms with E-state index in [0.29, 0.717) is 26.4 Å². The van der Waals surface area contributed by atoms with Crippen molar-refractivity contribution in [1.82, 2.24) is 0 Å². The second-order valence-electron chi connectivity index (χ2n) is 7.48. The summed E-state index contributed by atoms with van der Waals surface area (Å²) in [5.41, 5.74) is -1.44. The van der Waals surface area contributed by atoms with Gasteiger partial charge >= 0.3 is 0 Å². The van der Waals surface area contributed by atoms with E-state index in [-0.39, 0.29) is 0 Å². The highest BCUT2D eigenvalue weighted by atomic mass is 16.9. The van der Waals surface area contributed by atoms with Crippen molar-refractivity contribution in [3.63, 3.8) is 0 Å². The minimum Gasteiger partial charge on any atom is -0.396 e. The SMILES string of the molecule is CCCCOC(C)(OCC)OC(C(CO)(CO)CO)C(C)(OCC)OCCCC. The van der Waals surface area contributed by atoms with Crippen LogP contribution < -0.4 is 0 Å². The average molecular weight is 425 g/mol. The Morgan fingerprint density at radius 1 is 0.690 bits per heavy atom. The molecule has 0 spiro atoms. The molecule has 0 aromatic rings. The maximum atomic E-state index is 10.1. The summed E-state index contributed by atoms with van der Waals surface area (Å²) in [6.07, 6.45) is 2.41. The van der Waals surface area contributed by atoms with E-state index in [4.69, 9.17) is 23.7 Å². The Hall–Kier alpha value is -0.320. The van der Waals surface area contributed by atoms with Crippen LogP contribution in [0.3, 0.4) is 0 Å². The maximum Gasteiger partial charge on any atom is 0.280 e. The molecule has 8 nitrogen and oxygen atoms in total. The molecular weight excluding hydrogens is 380 g/mol. The predicted octanol–water partition coefficient (Wildman–Crippen LogP) is 2.43. The van der Waals surface area contributed by atoms with E-state index in [2.05, 4.69) is 0 Å². The first-order valence-electron chi connectivity index (χ1n) is 10.8. The van der Waals surface area contributed by atoms with Gasteiger partial charge in [0.1, 0.15) is 6.10 Å². The number of rotatable bonds is 19. The van der Waals surface area contributed by atoms with Crippen LogP contribution in [0.2, 0.25) is 0 Å². The van der Waals surface area contributed by atoms with E-state index in [0.717, 1.165) is 25.7 Å². The van der Waals surface area contributed by atoms with Crippen LogP contribution in [-0.4, -0.2) is 79.4 Å². The molecule has 0 aliphatic heterocycles. The van der Waals surface area contributed by atoms with Gasteiger partial charge in [-0.2, -0.15) is 0 Å². The van der Waals surface area contributed by atoms with Crippen molar-refractivity contribution in [3.8, 4) is 0 Å². The van der Waals surface area contributed by atoms with Gasteiger partial charge in [0.25, 0.3) is 5.97 Å². The van der Waals surface area contributed by atoms with Gasteiger partial charge in [-0.05, 0) is 33.6 Å². The fourth-order valence-electron chi connectivity index (χ4n) is 3.07. The van der Waals surface area contributed by atoms with Crippen LogP contribution >= 0.6 is 0 Å². The van der Waals surface area contributed by atoms with E-state index < -0.39 is 43.1 Å². The molecule has 0 aromatic carbocycles. The van der Waals surface area contributed by atoms with Gasteiger partial charge in [-0.15, -0.1) is 0 Å². The molecule has 0 saturated carbocycles. The lowest BCUT2D eigenvalue weighted by Crippen LogP contribution is -2.62. The summed E-state index contributed by atoms with van der Waals surface area (Å²) in [6, 6.07) is 0. The fourth-order valence-corrected chi connectivity index (χ4v) is 3.07. The summed E-state index contributed by atoms with van der Waals surface area (Å²) in [5.74, 6) is -2.82. The zero-order valence-electron chi connectivity index (χ0n) is 19.2. The highest BCUT2D eigenvalue weighted by molar-refractivity contribution is 4.95. The van der Waals surface area contributed by atoms with E-state index >= 15 is 0 Å². The van der Waals surface area contributed by atoms with E-state index in [1.165, 1.54) is 0 Å². The van der Waals surface area contributed by atoms with Crippen LogP contribution in [0, 0.1) is 5.41 Å². The van der Waals surface area contributed by atoms with Gasteiger partial charge < -0.3 is 39.0 Å². The third kappa shape index (κ3) is 8.75. The minimum absolute atomic E-state index is 0.308. The summed E-state index contributed by atoms with van der Waals surface area (Å²) in [5, 5.41) is 30.3. The van der Waals surface area contributed by atoms with Gasteiger partial charge in [-0.1, -0.05) is 26.7 Å². The summed E-state index contributed by atoms with van der Waals surface area (Å²) in [6.45, 7) is 10.9. The summed E-state index contributed by atoms with van der Waals surface area (Å²) in [4.78, 5) is 0. The van der Waals surface area contributed by atoms with E-state index in [1.54, 1.807) is 13.8 Å². The standard InChI is InChI=1S/C21H44O8/c1-7-11-13-27-19(5,25-9-3)18(21(15-22,16-23)17-24)29-20(6,26-10-4)28-14-12-8-2/h18,22-24H,7-17H2,1-6H3. The molecule has 0 fully saturated rings. The van der Waals surface area contributed by atoms with Crippen molar-refractivity contribution in [3.05, 3.63) is 0 Å². The Bertz CT molecular complexity index is 396. The molecule has 0 saturated heterocycles. The number of hydrogen-bond acceptors (Lipinski definition) is 8. The Labute approximate surface area is 176 Å². The molecule has 176 valence electrons. The second kappa shape index (κ2) is 14.6. The first kappa shape index (κ1) is 28.7. The minimum atomic E-state index is -1.47. The number of ether oxygens (including phenoxy) is 5. The van der Waals surface area contributed by atoms with Crippen molar-refractivity contribution in [2.45, 2.75) is 85.1 Å². The molecule has 0 radical (unpaired) electrons. The molecule has 0 amide bonds. The first-order valence-corrected chi connectivity index (χ1v) is 10.8. The average Bonchev–Trinajstić information content (AvgIpc) is 2.70. The van der Waals surface area contributed by atoms with Crippen LogP contribution in [0.25, 0.3) is 0 Å². The molecule has 3 atom stereocenters. The van der Waals surface area contributed by atoms with Crippen LogP contribution in [0.4, 0.5) is 0 Å². The molecule has 0 aliphatic rings. The predicted molar refractivity (Wildman–Crippen MR) is 110 cm³/mol. The zero-order chi connectivity index (χ0) is 22.4. The van der Waals surface area contributed by atoms with Crippen LogP contribution in [0.5, 0.6) is 0 Å². The van der Waals surface area contributed by atoms with Gasteiger partial charge in [0.15, 0.2) is 5.79 Å². The molecule has 0 aromatic heterocycles. The third-order valence-electron chi connectivity index (χ3n) is 4.90. The topological polar surface area (TPSA) is 107 Å². The van der Waals surface area contributed by atoms with Gasteiger partial charge in [0, 0.05) is 20.1 Å². The Morgan fingerprint density at radius 3 is 1.59 bits per heavy atom. The highest BCUT2D eigenvalue weighted by Crippen LogP contribution is 2.38. The van der Waals surface area contributed by atoms with Crippen molar-refractivity contribution < 1.29 is 39.0 Å². The van der Waals surface area contributed by atoms with E-state index in [1.807, 2.05) is 27.7 Å². The maximum absolute atomic E-state index is 10.1. The summed E-state index contributed by atoms with van der Waals surface area (Å²) in [7, 11) is 0. The van der Waals surface area contributed by atoms with Crippen molar-refractivity contribution in [2.75, 3.05) is 46.2 Å². The van der Waals surface area contributed by atoms with Gasteiger partial charge in [0.2, 0.25) is 0 Å². The Morgan fingerprint density at radius 2 is 1.17 bits per heavy atom. The molecular formula is C21H44O8. The normalized spacial score (nSPS) is 17.7. The zero-order valence-corrected chi connectivity index (χ0v) is 19.2. The Balaban J connectivity index is 6.03. The molecule has 29 heavy (non-hydrogen) atoms. The Kier molecular flexibility index (Phi) is 14.5. The van der Waals surface area contributed by atoms with Crippen LogP contribution in [0.15, 0.2) is 0 Å². The highest BCUT2D eigenvalue weighted by Gasteiger charge is 2.54. The largest absolute Gasteiger partial charge is 0.396 e. The summed E-state index contributed by atoms with van der Waals surface area (Å²) < 4.78 is 29.8. The van der Waals surface area contributed by atoms with Crippen LogP contribution in [0.1, 0.15) is 67.2 Å². The molecule has 3 N–H and O–H groups in total. The lowest BCUT2D eigenvalue weighted by Gasteiger charge is -2.48. The molecule has 0 aliphatic carbocycles. The van der Waals surface area contributed by atoms with Crippen LogP contribution in [-0.2, 0) is 23.7 Å². The molecule has 0 heterocycles.